The fourth-order valence-corrected chi connectivity index (χ4v) is 4.05. The molecule has 0 atom stereocenters. The van der Waals surface area contributed by atoms with Crippen molar-refractivity contribution in [2.45, 2.75) is 36.8 Å². The van der Waals surface area contributed by atoms with E-state index in [1.165, 1.54) is 13.0 Å². The molecule has 2 aromatic carbocycles. The summed E-state index contributed by atoms with van der Waals surface area (Å²) < 4.78 is 79.8. The van der Waals surface area contributed by atoms with Gasteiger partial charge >= 0.3 is 6.18 Å². The highest BCUT2D eigenvalue weighted by Crippen LogP contribution is 2.35. The molecular formula is C21H19ClF6N2S. The van der Waals surface area contributed by atoms with Crippen LogP contribution in [0.5, 0.6) is 0 Å². The normalized spacial score (nSPS) is 17.2. The lowest BCUT2D eigenvalue weighted by Crippen LogP contribution is -2.43. The van der Waals surface area contributed by atoms with Crippen molar-refractivity contribution < 1.29 is 26.3 Å². The molecule has 1 heterocycles. The first-order valence-electron chi connectivity index (χ1n) is 9.41. The number of hydrogen-bond acceptors (Lipinski definition) is 2. The molecule has 0 saturated carbocycles. The molecule has 0 N–H and O–H groups in total. The van der Waals surface area contributed by atoms with Crippen molar-refractivity contribution in [3.63, 3.8) is 0 Å². The summed E-state index contributed by atoms with van der Waals surface area (Å²) in [6.07, 6.45) is -5.12. The van der Waals surface area contributed by atoms with Gasteiger partial charge < -0.3 is 4.90 Å². The topological polar surface area (TPSA) is 15.6 Å². The molecule has 0 aliphatic carbocycles. The van der Waals surface area contributed by atoms with Crippen LogP contribution in [0.4, 0.5) is 32.0 Å². The summed E-state index contributed by atoms with van der Waals surface area (Å²) in [6, 6.07) is 8.86. The zero-order valence-corrected chi connectivity index (χ0v) is 18.0. The van der Waals surface area contributed by atoms with Crippen LogP contribution in [0.1, 0.15) is 24.0 Å². The van der Waals surface area contributed by atoms with Crippen LogP contribution in [0.25, 0.3) is 0 Å². The van der Waals surface area contributed by atoms with Crippen LogP contribution in [-0.4, -0.2) is 41.7 Å². The van der Waals surface area contributed by atoms with Gasteiger partial charge in [0, 0.05) is 41.4 Å². The molecule has 0 aromatic heterocycles. The van der Waals surface area contributed by atoms with Gasteiger partial charge in [0.1, 0.15) is 17.3 Å². The van der Waals surface area contributed by atoms with Gasteiger partial charge in [-0.3, -0.25) is 0 Å². The number of rotatable bonds is 4. The van der Waals surface area contributed by atoms with Crippen molar-refractivity contribution in [1.29, 1.82) is 0 Å². The third-order valence-corrected chi connectivity index (χ3v) is 6.23. The third kappa shape index (κ3) is 6.55. The van der Waals surface area contributed by atoms with Crippen LogP contribution in [0.15, 0.2) is 46.3 Å². The minimum atomic E-state index is -4.37. The monoisotopic (exact) mass is 480 g/mol. The summed E-state index contributed by atoms with van der Waals surface area (Å²) in [5.41, 5.74) is 0.744. The Morgan fingerprint density at radius 3 is 2.32 bits per heavy atom. The molecule has 0 amide bonds. The van der Waals surface area contributed by atoms with E-state index in [0.717, 1.165) is 6.07 Å². The number of nitrogens with zero attached hydrogens (tertiary/aromatic N) is 2. The molecule has 0 unspecified atom stereocenters. The minimum Gasteiger partial charge on any atom is -0.356 e. The minimum absolute atomic E-state index is 0.0115. The lowest BCUT2D eigenvalue weighted by atomic mass is 10.1. The van der Waals surface area contributed by atoms with Crippen molar-refractivity contribution in [2.24, 2.45) is 4.99 Å². The van der Waals surface area contributed by atoms with Crippen LogP contribution in [0.3, 0.4) is 0 Å². The largest absolute Gasteiger partial charge is 0.398 e. The Labute approximate surface area is 185 Å². The van der Waals surface area contributed by atoms with Gasteiger partial charge in [0.25, 0.3) is 5.92 Å². The number of likely N-dealkylation sites (tertiary alicyclic amines) is 1. The van der Waals surface area contributed by atoms with Crippen molar-refractivity contribution in [3.8, 4) is 0 Å². The number of alkyl halides is 5. The summed E-state index contributed by atoms with van der Waals surface area (Å²) in [4.78, 5) is 6.24. The Balaban J connectivity index is 2.00. The molecular weight excluding hydrogens is 462 g/mol. The van der Waals surface area contributed by atoms with E-state index in [1.807, 2.05) is 0 Å². The number of halogens is 7. The Kier molecular flexibility index (Phi) is 7.15. The van der Waals surface area contributed by atoms with Gasteiger partial charge in [0.05, 0.1) is 5.75 Å². The molecule has 168 valence electrons. The van der Waals surface area contributed by atoms with E-state index in [9.17, 15) is 26.3 Å². The predicted octanol–water partition coefficient (Wildman–Crippen LogP) is 7.25. The van der Waals surface area contributed by atoms with E-state index in [0.29, 0.717) is 27.9 Å². The number of hydrogen-bond donors (Lipinski definition) is 0. The van der Waals surface area contributed by atoms with Gasteiger partial charge in [-0.2, -0.15) is 13.2 Å². The summed E-state index contributed by atoms with van der Waals surface area (Å²) in [6.45, 7) is 1.54. The second kappa shape index (κ2) is 9.32. The van der Waals surface area contributed by atoms with Crippen molar-refractivity contribution in [1.82, 2.24) is 4.90 Å². The van der Waals surface area contributed by atoms with Crippen LogP contribution in [0.2, 0.25) is 5.02 Å². The molecule has 31 heavy (non-hydrogen) atoms. The lowest BCUT2D eigenvalue weighted by molar-refractivity contribution is -0.105. The highest BCUT2D eigenvalue weighted by Gasteiger charge is 2.35. The number of thioether (sulfide) groups is 1. The first-order valence-corrected chi connectivity index (χ1v) is 10.8. The molecule has 1 fully saturated rings. The van der Waals surface area contributed by atoms with Gasteiger partial charge in [-0.25, -0.2) is 18.2 Å². The van der Waals surface area contributed by atoms with Gasteiger partial charge in [-0.05, 0) is 48.9 Å². The fraction of sp³-hybridized carbons (Fsp3) is 0.381. The van der Waals surface area contributed by atoms with Crippen LogP contribution in [-0.2, 0) is 0 Å². The molecule has 10 heteroatoms. The number of benzene rings is 2. The first kappa shape index (κ1) is 23.8. The van der Waals surface area contributed by atoms with Gasteiger partial charge in [0.15, 0.2) is 0 Å². The van der Waals surface area contributed by atoms with Gasteiger partial charge in [0.2, 0.25) is 0 Å². The van der Waals surface area contributed by atoms with E-state index in [2.05, 4.69) is 4.99 Å². The molecule has 0 radical (unpaired) electrons. The van der Waals surface area contributed by atoms with E-state index in [4.69, 9.17) is 11.6 Å². The molecule has 2 nitrogen and oxygen atoms in total. The maximum absolute atomic E-state index is 14.6. The van der Waals surface area contributed by atoms with E-state index >= 15 is 0 Å². The average molecular weight is 481 g/mol. The maximum atomic E-state index is 14.6. The Bertz CT molecular complexity index is 950. The number of aliphatic imine (C=N–C) groups is 1. The number of aryl methyl sites for hydroxylation is 1. The van der Waals surface area contributed by atoms with Crippen LogP contribution in [0, 0.1) is 12.7 Å². The lowest BCUT2D eigenvalue weighted by Gasteiger charge is -2.34. The number of piperidine rings is 1. The predicted molar refractivity (Wildman–Crippen MR) is 111 cm³/mol. The summed E-state index contributed by atoms with van der Waals surface area (Å²) in [5, 5.41) is 0.459. The summed E-state index contributed by atoms with van der Waals surface area (Å²) in [5.74, 6) is -4.34. The summed E-state index contributed by atoms with van der Waals surface area (Å²) in [7, 11) is 0. The fourth-order valence-electron chi connectivity index (χ4n) is 3.12. The molecule has 1 saturated heterocycles. The average Bonchev–Trinajstić information content (AvgIpc) is 2.67. The third-order valence-electron chi connectivity index (χ3n) is 4.76. The van der Waals surface area contributed by atoms with Crippen molar-refractivity contribution in [2.75, 3.05) is 18.8 Å². The Morgan fingerprint density at radius 1 is 1.13 bits per heavy atom. The molecule has 3 rings (SSSR count). The molecule has 1 aliphatic heterocycles. The molecule has 1 aliphatic rings. The SMILES string of the molecule is Cc1cc(F)c(/N=C(/c2ccc(Cl)cc2)N2CCC(F)(F)CC2)cc1SCC(F)(F)F. The summed E-state index contributed by atoms with van der Waals surface area (Å²) >= 11 is 6.47. The standard InChI is InChI=1S/C21H19ClF6N2S/c1-13-10-16(23)17(11-18(13)31-12-21(26,27)28)29-19(14-2-4-15(22)5-3-14)30-8-6-20(24,25)7-9-30/h2-5,10-11H,6-9,12H2,1H3/b29-19-. The second-order valence-electron chi connectivity index (χ2n) is 7.26. The highest BCUT2D eigenvalue weighted by molar-refractivity contribution is 7.99. The first-order chi connectivity index (χ1) is 14.4. The maximum Gasteiger partial charge on any atom is 0.398 e. The van der Waals surface area contributed by atoms with Crippen molar-refractivity contribution in [3.05, 3.63) is 58.4 Å². The quantitative estimate of drug-likeness (QED) is 0.198. The zero-order chi connectivity index (χ0) is 22.8. The van der Waals surface area contributed by atoms with Gasteiger partial charge in [-0.15, -0.1) is 11.8 Å². The zero-order valence-electron chi connectivity index (χ0n) is 16.4. The van der Waals surface area contributed by atoms with Gasteiger partial charge in [-0.1, -0.05) is 11.6 Å². The molecule has 0 bridgehead atoms. The molecule has 2 aromatic rings. The molecule has 0 spiro atoms. The number of amidine groups is 1. The second-order valence-corrected chi connectivity index (χ2v) is 8.71. The van der Waals surface area contributed by atoms with Crippen LogP contribution >= 0.6 is 23.4 Å². The smallest absolute Gasteiger partial charge is 0.356 e. The van der Waals surface area contributed by atoms with E-state index < -0.39 is 23.7 Å². The van der Waals surface area contributed by atoms with E-state index in [-0.39, 0.29) is 42.3 Å². The Hall–Kier alpha value is -1.87. The van der Waals surface area contributed by atoms with Crippen molar-refractivity contribution >= 4 is 34.9 Å². The Morgan fingerprint density at radius 2 is 1.74 bits per heavy atom. The highest BCUT2D eigenvalue weighted by atomic mass is 35.5. The van der Waals surface area contributed by atoms with Crippen LogP contribution < -0.4 is 0 Å². The van der Waals surface area contributed by atoms with E-state index in [1.54, 1.807) is 29.2 Å².